The van der Waals surface area contributed by atoms with Crippen LogP contribution in [-0.4, -0.2) is 50.7 Å². The van der Waals surface area contributed by atoms with Crippen molar-refractivity contribution < 1.29 is 9.53 Å². The third kappa shape index (κ3) is 2.23. The summed E-state index contributed by atoms with van der Waals surface area (Å²) in [7, 11) is 3.63. The van der Waals surface area contributed by atoms with Gasteiger partial charge in [-0.1, -0.05) is 0 Å². The normalized spacial score (nSPS) is 24.1. The standard InChI is InChI=1S/C12H22N2O2/c1-14(10-3-4-10)11(15)12(9-16-2)5-7-13-8-6-12/h10,13H,3-9H2,1-2H3. The van der Waals surface area contributed by atoms with Gasteiger partial charge in [-0.25, -0.2) is 0 Å². The van der Waals surface area contributed by atoms with Crippen LogP contribution in [0.4, 0.5) is 0 Å². The summed E-state index contributed by atoms with van der Waals surface area (Å²) < 4.78 is 5.28. The zero-order chi connectivity index (χ0) is 11.6. The molecule has 2 aliphatic rings. The molecule has 4 heteroatoms. The summed E-state index contributed by atoms with van der Waals surface area (Å²) in [5.41, 5.74) is -0.267. The van der Waals surface area contributed by atoms with Crippen molar-refractivity contribution in [2.75, 3.05) is 33.9 Å². The molecule has 0 aromatic heterocycles. The van der Waals surface area contributed by atoms with Crippen molar-refractivity contribution in [2.45, 2.75) is 31.7 Å². The second-order valence-corrected chi connectivity index (χ2v) is 5.11. The number of carbonyl (C=O) groups excluding carboxylic acids is 1. The quantitative estimate of drug-likeness (QED) is 0.764. The van der Waals surface area contributed by atoms with Crippen LogP contribution >= 0.6 is 0 Å². The van der Waals surface area contributed by atoms with Crippen molar-refractivity contribution in [3.63, 3.8) is 0 Å². The van der Waals surface area contributed by atoms with E-state index in [2.05, 4.69) is 5.32 Å². The number of nitrogens with zero attached hydrogens (tertiary/aromatic N) is 1. The molecular formula is C12H22N2O2. The van der Waals surface area contributed by atoms with E-state index in [0.717, 1.165) is 25.9 Å². The highest BCUT2D eigenvalue weighted by Gasteiger charge is 2.44. The third-order valence-corrected chi connectivity index (χ3v) is 3.85. The first-order valence-corrected chi connectivity index (χ1v) is 6.16. The summed E-state index contributed by atoms with van der Waals surface area (Å²) in [6.45, 7) is 2.41. The van der Waals surface area contributed by atoms with Crippen LogP contribution in [0.2, 0.25) is 0 Å². The molecule has 1 aliphatic carbocycles. The van der Waals surface area contributed by atoms with E-state index in [4.69, 9.17) is 4.74 Å². The summed E-state index contributed by atoms with van der Waals surface area (Å²) in [6.07, 6.45) is 4.14. The highest BCUT2D eigenvalue weighted by atomic mass is 16.5. The molecule has 1 aliphatic heterocycles. The number of nitrogens with one attached hydrogen (secondary N) is 1. The number of ether oxygens (including phenoxy) is 1. The summed E-state index contributed by atoms with van der Waals surface area (Å²) in [5.74, 6) is 0.290. The lowest BCUT2D eigenvalue weighted by molar-refractivity contribution is -0.146. The van der Waals surface area contributed by atoms with Gasteiger partial charge in [0, 0.05) is 20.2 Å². The van der Waals surface area contributed by atoms with Crippen molar-refractivity contribution in [3.8, 4) is 0 Å². The Bertz CT molecular complexity index is 252. The molecule has 92 valence electrons. The average Bonchev–Trinajstić information content (AvgIpc) is 3.13. The zero-order valence-corrected chi connectivity index (χ0v) is 10.3. The van der Waals surface area contributed by atoms with Gasteiger partial charge in [-0.3, -0.25) is 4.79 Å². The van der Waals surface area contributed by atoms with Crippen LogP contribution in [0.15, 0.2) is 0 Å². The number of amides is 1. The Balaban J connectivity index is 2.06. The van der Waals surface area contributed by atoms with Crippen LogP contribution in [0.5, 0.6) is 0 Å². The van der Waals surface area contributed by atoms with Gasteiger partial charge < -0.3 is 15.0 Å². The molecule has 1 amide bonds. The molecule has 1 heterocycles. The van der Waals surface area contributed by atoms with E-state index in [-0.39, 0.29) is 5.41 Å². The molecule has 0 aromatic rings. The molecule has 2 fully saturated rings. The Hall–Kier alpha value is -0.610. The van der Waals surface area contributed by atoms with Crippen LogP contribution in [0.3, 0.4) is 0 Å². The molecule has 1 saturated heterocycles. The van der Waals surface area contributed by atoms with E-state index in [1.807, 2.05) is 11.9 Å². The van der Waals surface area contributed by atoms with Crippen LogP contribution in [0, 0.1) is 5.41 Å². The molecular weight excluding hydrogens is 204 g/mol. The third-order valence-electron chi connectivity index (χ3n) is 3.85. The van der Waals surface area contributed by atoms with E-state index >= 15 is 0 Å². The van der Waals surface area contributed by atoms with E-state index < -0.39 is 0 Å². The second kappa shape index (κ2) is 4.72. The van der Waals surface area contributed by atoms with Crippen molar-refractivity contribution >= 4 is 5.91 Å². The van der Waals surface area contributed by atoms with E-state index in [1.165, 1.54) is 12.8 Å². The van der Waals surface area contributed by atoms with Crippen LogP contribution in [-0.2, 0) is 9.53 Å². The topological polar surface area (TPSA) is 41.6 Å². The van der Waals surface area contributed by atoms with Gasteiger partial charge in [-0.15, -0.1) is 0 Å². The van der Waals surface area contributed by atoms with Crippen LogP contribution in [0.25, 0.3) is 0 Å². The summed E-state index contributed by atoms with van der Waals surface area (Å²) in [4.78, 5) is 14.5. The van der Waals surface area contributed by atoms with Gasteiger partial charge in [-0.2, -0.15) is 0 Å². The number of rotatable bonds is 4. The number of carbonyl (C=O) groups is 1. The fraction of sp³-hybridized carbons (Fsp3) is 0.917. The minimum atomic E-state index is -0.267. The van der Waals surface area contributed by atoms with Gasteiger partial charge >= 0.3 is 0 Å². The monoisotopic (exact) mass is 226 g/mol. The summed E-state index contributed by atoms with van der Waals surface area (Å²) >= 11 is 0. The fourth-order valence-corrected chi connectivity index (χ4v) is 2.60. The van der Waals surface area contributed by atoms with E-state index in [0.29, 0.717) is 18.6 Å². The number of hydrogen-bond acceptors (Lipinski definition) is 3. The van der Waals surface area contributed by atoms with Gasteiger partial charge in [-0.05, 0) is 38.8 Å². The minimum Gasteiger partial charge on any atom is -0.384 e. The smallest absolute Gasteiger partial charge is 0.231 e. The lowest BCUT2D eigenvalue weighted by Crippen LogP contribution is -2.51. The first kappa shape index (κ1) is 11.9. The molecule has 0 atom stereocenters. The van der Waals surface area contributed by atoms with Gasteiger partial charge in [0.15, 0.2) is 0 Å². The van der Waals surface area contributed by atoms with Crippen LogP contribution < -0.4 is 5.32 Å². The predicted molar refractivity (Wildman–Crippen MR) is 62.2 cm³/mol. The lowest BCUT2D eigenvalue weighted by atomic mass is 9.78. The Labute approximate surface area is 97.3 Å². The molecule has 0 aromatic carbocycles. The number of piperidine rings is 1. The maximum Gasteiger partial charge on any atom is 0.231 e. The number of hydrogen-bond donors (Lipinski definition) is 1. The van der Waals surface area contributed by atoms with Gasteiger partial charge in [0.2, 0.25) is 5.91 Å². The van der Waals surface area contributed by atoms with Gasteiger partial charge in [0.05, 0.1) is 12.0 Å². The Morgan fingerprint density at radius 3 is 2.56 bits per heavy atom. The largest absolute Gasteiger partial charge is 0.384 e. The van der Waals surface area contributed by atoms with E-state index in [1.54, 1.807) is 7.11 Å². The SMILES string of the molecule is COCC1(C(=O)N(C)C2CC2)CCNCC1. The first-order valence-electron chi connectivity index (χ1n) is 6.16. The Kier molecular flexibility index (Phi) is 3.50. The maximum absolute atomic E-state index is 12.5. The predicted octanol–water partition coefficient (Wildman–Crippen LogP) is 0.623. The zero-order valence-electron chi connectivity index (χ0n) is 10.3. The molecule has 1 saturated carbocycles. The van der Waals surface area contributed by atoms with Crippen LogP contribution in [0.1, 0.15) is 25.7 Å². The molecule has 0 spiro atoms. The molecule has 1 N–H and O–H groups in total. The Morgan fingerprint density at radius 2 is 2.06 bits per heavy atom. The number of methoxy groups -OCH3 is 1. The first-order chi connectivity index (χ1) is 7.69. The van der Waals surface area contributed by atoms with Gasteiger partial charge in [0.1, 0.15) is 0 Å². The molecule has 0 bridgehead atoms. The van der Waals surface area contributed by atoms with Crippen molar-refractivity contribution in [1.82, 2.24) is 10.2 Å². The van der Waals surface area contributed by atoms with Crippen molar-refractivity contribution in [2.24, 2.45) is 5.41 Å². The van der Waals surface area contributed by atoms with E-state index in [9.17, 15) is 4.79 Å². The average molecular weight is 226 g/mol. The maximum atomic E-state index is 12.5. The lowest BCUT2D eigenvalue weighted by Gasteiger charge is -2.38. The highest BCUT2D eigenvalue weighted by Crippen LogP contribution is 2.35. The van der Waals surface area contributed by atoms with Crippen molar-refractivity contribution in [1.29, 1.82) is 0 Å². The highest BCUT2D eigenvalue weighted by molar-refractivity contribution is 5.83. The minimum absolute atomic E-state index is 0.267. The molecule has 0 unspecified atom stereocenters. The Morgan fingerprint density at radius 1 is 1.44 bits per heavy atom. The van der Waals surface area contributed by atoms with Gasteiger partial charge in [0.25, 0.3) is 0 Å². The molecule has 2 rings (SSSR count). The fourth-order valence-electron chi connectivity index (χ4n) is 2.60. The summed E-state index contributed by atoms with van der Waals surface area (Å²) in [6, 6.07) is 0.496. The van der Waals surface area contributed by atoms with Crippen molar-refractivity contribution in [3.05, 3.63) is 0 Å². The molecule has 0 radical (unpaired) electrons. The summed E-state index contributed by atoms with van der Waals surface area (Å²) in [5, 5.41) is 3.31. The second-order valence-electron chi connectivity index (χ2n) is 5.11. The molecule has 16 heavy (non-hydrogen) atoms. The molecule has 4 nitrogen and oxygen atoms in total.